The van der Waals surface area contributed by atoms with Crippen LogP contribution in [-0.2, 0) is 6.54 Å². The van der Waals surface area contributed by atoms with Crippen molar-refractivity contribution in [1.82, 2.24) is 9.97 Å². The Balaban J connectivity index is 1.91. The number of anilines is 1. The van der Waals surface area contributed by atoms with Crippen LogP contribution >= 0.6 is 11.6 Å². The molecule has 106 valence electrons. The number of hydrogen-bond donors (Lipinski definition) is 0. The Morgan fingerprint density at radius 3 is 2.80 bits per heavy atom. The number of nitrogens with zero attached hydrogens (tertiary/aromatic N) is 3. The van der Waals surface area contributed by atoms with Gasteiger partial charge in [0.1, 0.15) is 22.6 Å². The molecule has 0 saturated heterocycles. The van der Waals surface area contributed by atoms with E-state index in [1.165, 1.54) is 12.8 Å². The Kier molecular flexibility index (Phi) is 3.66. The maximum absolute atomic E-state index is 6.14. The van der Waals surface area contributed by atoms with Gasteiger partial charge in [-0.15, -0.1) is 0 Å². The summed E-state index contributed by atoms with van der Waals surface area (Å²) in [5, 5.41) is 0.504. The smallest absolute Gasteiger partial charge is 0.135 e. The van der Waals surface area contributed by atoms with Gasteiger partial charge >= 0.3 is 0 Å². The summed E-state index contributed by atoms with van der Waals surface area (Å²) in [6.07, 6.45) is 4.09. The van der Waals surface area contributed by atoms with Crippen molar-refractivity contribution in [3.05, 3.63) is 41.2 Å². The zero-order valence-corrected chi connectivity index (χ0v) is 12.5. The van der Waals surface area contributed by atoms with E-state index in [2.05, 4.69) is 28.7 Å². The molecule has 0 aliphatic heterocycles. The van der Waals surface area contributed by atoms with Crippen molar-refractivity contribution in [3.8, 4) is 0 Å². The highest BCUT2D eigenvalue weighted by Gasteiger charge is 2.31. The van der Waals surface area contributed by atoms with Crippen molar-refractivity contribution >= 4 is 17.4 Å². The highest BCUT2D eigenvalue weighted by atomic mass is 35.5. The van der Waals surface area contributed by atoms with Crippen LogP contribution in [0.15, 0.2) is 28.9 Å². The van der Waals surface area contributed by atoms with Gasteiger partial charge in [0.05, 0.1) is 12.8 Å². The molecule has 0 bridgehead atoms. The van der Waals surface area contributed by atoms with Gasteiger partial charge in [0.15, 0.2) is 0 Å². The number of hydrogen-bond acceptors (Lipinski definition) is 4. The minimum Gasteiger partial charge on any atom is -0.467 e. The highest BCUT2D eigenvalue weighted by molar-refractivity contribution is 6.29. The van der Waals surface area contributed by atoms with Crippen LogP contribution in [0.5, 0.6) is 0 Å². The zero-order chi connectivity index (χ0) is 14.1. The Morgan fingerprint density at radius 1 is 1.40 bits per heavy atom. The van der Waals surface area contributed by atoms with Gasteiger partial charge in [-0.2, -0.15) is 0 Å². The molecule has 1 saturated carbocycles. The van der Waals surface area contributed by atoms with Crippen LogP contribution in [-0.4, -0.2) is 16.0 Å². The molecular weight excluding hydrogens is 274 g/mol. The molecule has 0 N–H and O–H groups in total. The van der Waals surface area contributed by atoms with Crippen molar-refractivity contribution in [2.45, 2.75) is 45.2 Å². The van der Waals surface area contributed by atoms with Gasteiger partial charge in [-0.3, -0.25) is 0 Å². The molecule has 0 unspecified atom stereocenters. The van der Waals surface area contributed by atoms with Crippen LogP contribution in [0.25, 0.3) is 0 Å². The second kappa shape index (κ2) is 5.44. The number of rotatable bonds is 5. The summed E-state index contributed by atoms with van der Waals surface area (Å²) in [4.78, 5) is 11.2. The lowest BCUT2D eigenvalue weighted by atomic mass is 10.2. The first-order valence-electron chi connectivity index (χ1n) is 6.97. The summed E-state index contributed by atoms with van der Waals surface area (Å²) in [6, 6.07) is 6.27. The SMILES string of the molecule is CC(C)c1nc(Cl)cc(N(Cc2ccco2)C2CC2)n1. The standard InChI is InChI=1S/C15H18ClN3O/c1-10(2)15-17-13(16)8-14(18-15)19(11-5-6-11)9-12-4-3-7-20-12/h3-4,7-8,10-11H,5-6,9H2,1-2H3. The molecule has 2 heterocycles. The summed E-state index contributed by atoms with van der Waals surface area (Å²) >= 11 is 6.14. The molecule has 1 aliphatic rings. The molecule has 2 aromatic heterocycles. The minimum absolute atomic E-state index is 0.261. The van der Waals surface area contributed by atoms with Crippen LogP contribution < -0.4 is 4.90 Å². The van der Waals surface area contributed by atoms with Gasteiger partial charge in [0, 0.05) is 18.0 Å². The van der Waals surface area contributed by atoms with Crippen molar-refractivity contribution in [2.24, 2.45) is 0 Å². The normalized spacial score (nSPS) is 14.8. The maximum atomic E-state index is 6.14. The Bertz CT molecular complexity index is 579. The van der Waals surface area contributed by atoms with Gasteiger partial charge in [-0.1, -0.05) is 25.4 Å². The predicted octanol–water partition coefficient (Wildman–Crippen LogP) is 4.02. The van der Waals surface area contributed by atoms with Crippen molar-refractivity contribution in [3.63, 3.8) is 0 Å². The van der Waals surface area contributed by atoms with E-state index in [1.54, 1.807) is 6.26 Å². The predicted molar refractivity (Wildman–Crippen MR) is 79.0 cm³/mol. The lowest BCUT2D eigenvalue weighted by molar-refractivity contribution is 0.500. The first-order valence-corrected chi connectivity index (χ1v) is 7.35. The average Bonchev–Trinajstić information content (AvgIpc) is 3.12. The summed E-state index contributed by atoms with van der Waals surface area (Å²) in [5.41, 5.74) is 0. The van der Waals surface area contributed by atoms with Crippen molar-refractivity contribution in [2.75, 3.05) is 4.90 Å². The summed E-state index contributed by atoms with van der Waals surface area (Å²) in [7, 11) is 0. The van der Waals surface area contributed by atoms with E-state index in [-0.39, 0.29) is 5.92 Å². The summed E-state index contributed by atoms with van der Waals surface area (Å²) in [5.74, 6) is 2.89. The lowest BCUT2D eigenvalue weighted by Gasteiger charge is -2.23. The summed E-state index contributed by atoms with van der Waals surface area (Å²) in [6.45, 7) is 4.87. The molecule has 0 radical (unpaired) electrons. The molecule has 20 heavy (non-hydrogen) atoms. The third-order valence-electron chi connectivity index (χ3n) is 3.40. The highest BCUT2D eigenvalue weighted by Crippen LogP contribution is 2.33. The van der Waals surface area contributed by atoms with E-state index in [9.17, 15) is 0 Å². The first-order chi connectivity index (χ1) is 9.63. The van der Waals surface area contributed by atoms with Gasteiger partial charge in [0.25, 0.3) is 0 Å². The molecule has 0 atom stereocenters. The van der Waals surface area contributed by atoms with Gasteiger partial charge in [-0.25, -0.2) is 9.97 Å². The molecule has 1 fully saturated rings. The second-order valence-corrected chi connectivity index (χ2v) is 5.89. The molecule has 2 aromatic rings. The number of furan rings is 1. The summed E-state index contributed by atoms with van der Waals surface area (Å²) < 4.78 is 5.45. The number of halogens is 1. The molecule has 4 nitrogen and oxygen atoms in total. The lowest BCUT2D eigenvalue weighted by Crippen LogP contribution is -2.26. The van der Waals surface area contributed by atoms with Gasteiger partial charge < -0.3 is 9.32 Å². The second-order valence-electron chi connectivity index (χ2n) is 5.50. The largest absolute Gasteiger partial charge is 0.467 e. The van der Waals surface area contributed by atoms with E-state index in [4.69, 9.17) is 16.0 Å². The fourth-order valence-corrected chi connectivity index (χ4v) is 2.37. The van der Waals surface area contributed by atoms with E-state index in [0.717, 1.165) is 23.9 Å². The average molecular weight is 292 g/mol. The molecule has 0 aromatic carbocycles. The van der Waals surface area contributed by atoms with Gasteiger partial charge in [-0.05, 0) is 25.0 Å². The fraction of sp³-hybridized carbons (Fsp3) is 0.467. The van der Waals surface area contributed by atoms with E-state index in [0.29, 0.717) is 11.2 Å². The molecular formula is C15H18ClN3O. The Hall–Kier alpha value is -1.55. The fourth-order valence-electron chi connectivity index (χ4n) is 2.18. The van der Waals surface area contributed by atoms with E-state index < -0.39 is 0 Å². The first kappa shape index (κ1) is 13.4. The third-order valence-corrected chi connectivity index (χ3v) is 3.60. The van der Waals surface area contributed by atoms with Crippen LogP contribution in [0, 0.1) is 0 Å². The topological polar surface area (TPSA) is 42.2 Å². The zero-order valence-electron chi connectivity index (χ0n) is 11.7. The van der Waals surface area contributed by atoms with E-state index >= 15 is 0 Å². The Labute approximate surface area is 123 Å². The molecule has 0 spiro atoms. The van der Waals surface area contributed by atoms with Crippen LogP contribution in [0.3, 0.4) is 0 Å². The quantitative estimate of drug-likeness (QED) is 0.781. The number of aromatic nitrogens is 2. The van der Waals surface area contributed by atoms with Crippen molar-refractivity contribution in [1.29, 1.82) is 0 Å². The van der Waals surface area contributed by atoms with Crippen LogP contribution in [0.4, 0.5) is 5.82 Å². The minimum atomic E-state index is 0.261. The van der Waals surface area contributed by atoms with Crippen LogP contribution in [0.2, 0.25) is 5.15 Å². The van der Waals surface area contributed by atoms with Crippen LogP contribution in [0.1, 0.15) is 44.2 Å². The van der Waals surface area contributed by atoms with Gasteiger partial charge in [0.2, 0.25) is 0 Å². The Morgan fingerprint density at radius 2 is 2.20 bits per heavy atom. The molecule has 1 aliphatic carbocycles. The molecule has 0 amide bonds. The van der Waals surface area contributed by atoms with E-state index in [1.807, 2.05) is 18.2 Å². The maximum Gasteiger partial charge on any atom is 0.135 e. The molecule has 3 rings (SSSR count). The molecule has 5 heteroatoms. The third kappa shape index (κ3) is 2.96. The van der Waals surface area contributed by atoms with Crippen molar-refractivity contribution < 1.29 is 4.42 Å². The monoisotopic (exact) mass is 291 g/mol.